The number of aromatic nitrogens is 4. The van der Waals surface area contributed by atoms with Crippen molar-refractivity contribution in [3.63, 3.8) is 0 Å². The van der Waals surface area contributed by atoms with Crippen LogP contribution in [0.4, 0.5) is 19.1 Å². The van der Waals surface area contributed by atoms with Gasteiger partial charge >= 0.3 is 12.1 Å². The Labute approximate surface area is 175 Å². The molecule has 1 N–H and O–H groups in total. The molecule has 31 heavy (non-hydrogen) atoms. The second-order valence-electron chi connectivity index (χ2n) is 7.48. The number of piperidine rings is 1. The molecule has 12 heteroatoms. The fourth-order valence-corrected chi connectivity index (χ4v) is 3.87. The predicted octanol–water partition coefficient (Wildman–Crippen LogP) is 2.03. The number of carbonyl (C=O) groups excluding carboxylic acids is 1. The SMILES string of the molecule is O=C(O)C(F)(F)F.O=C(c1ccnnc1)N1CCC2(CCCN(c3ncccn3)C2)C1. The second-order valence-corrected chi connectivity index (χ2v) is 7.48. The molecule has 2 fully saturated rings. The first kappa shape index (κ1) is 22.4. The maximum absolute atomic E-state index is 12.6. The third-order valence-electron chi connectivity index (χ3n) is 5.30. The molecular weight excluding hydrogens is 417 g/mol. The van der Waals surface area contributed by atoms with Crippen LogP contribution in [0.1, 0.15) is 29.6 Å². The number of alkyl halides is 3. The molecule has 9 nitrogen and oxygen atoms in total. The van der Waals surface area contributed by atoms with Gasteiger partial charge in [0.25, 0.3) is 5.91 Å². The molecule has 4 heterocycles. The van der Waals surface area contributed by atoms with Crippen LogP contribution < -0.4 is 4.90 Å². The zero-order chi connectivity index (χ0) is 22.5. The highest BCUT2D eigenvalue weighted by atomic mass is 19.4. The number of hydrogen-bond acceptors (Lipinski definition) is 7. The van der Waals surface area contributed by atoms with Gasteiger partial charge in [0.05, 0.1) is 18.0 Å². The van der Waals surface area contributed by atoms with E-state index in [1.54, 1.807) is 24.7 Å². The number of halogens is 3. The average molecular weight is 438 g/mol. The molecule has 0 radical (unpaired) electrons. The summed E-state index contributed by atoms with van der Waals surface area (Å²) in [5, 5.41) is 14.7. The van der Waals surface area contributed by atoms with Crippen LogP contribution in [0.25, 0.3) is 0 Å². The largest absolute Gasteiger partial charge is 0.490 e. The Morgan fingerprint density at radius 3 is 2.35 bits per heavy atom. The molecule has 166 valence electrons. The Morgan fingerprint density at radius 2 is 1.74 bits per heavy atom. The minimum Gasteiger partial charge on any atom is -0.475 e. The molecule has 1 unspecified atom stereocenters. The van der Waals surface area contributed by atoms with Gasteiger partial charge in [-0.05, 0) is 31.4 Å². The molecule has 2 aliphatic heterocycles. The molecule has 4 rings (SSSR count). The number of hydrogen-bond donors (Lipinski definition) is 1. The van der Waals surface area contributed by atoms with Crippen molar-refractivity contribution < 1.29 is 27.9 Å². The molecule has 1 atom stereocenters. The van der Waals surface area contributed by atoms with Crippen LogP contribution in [0.15, 0.2) is 36.9 Å². The van der Waals surface area contributed by atoms with Crippen molar-refractivity contribution in [3.8, 4) is 0 Å². The van der Waals surface area contributed by atoms with E-state index in [0.717, 1.165) is 51.4 Å². The molecule has 0 aliphatic carbocycles. The van der Waals surface area contributed by atoms with Gasteiger partial charge in [-0.3, -0.25) is 4.79 Å². The Kier molecular flexibility index (Phi) is 6.66. The van der Waals surface area contributed by atoms with E-state index in [2.05, 4.69) is 25.1 Å². The highest BCUT2D eigenvalue weighted by molar-refractivity contribution is 5.94. The first-order valence-electron chi connectivity index (χ1n) is 9.58. The number of carboxylic acids is 1. The Bertz CT molecular complexity index is 900. The lowest BCUT2D eigenvalue weighted by atomic mass is 9.79. The summed E-state index contributed by atoms with van der Waals surface area (Å²) in [6.45, 7) is 3.48. The number of anilines is 1. The van der Waals surface area contributed by atoms with E-state index in [4.69, 9.17) is 9.90 Å². The van der Waals surface area contributed by atoms with Crippen molar-refractivity contribution >= 4 is 17.8 Å². The minimum atomic E-state index is -5.08. The van der Waals surface area contributed by atoms with Crippen molar-refractivity contribution in [2.45, 2.75) is 25.4 Å². The van der Waals surface area contributed by atoms with Crippen LogP contribution >= 0.6 is 0 Å². The van der Waals surface area contributed by atoms with Gasteiger partial charge in [-0.1, -0.05) is 0 Å². The summed E-state index contributed by atoms with van der Waals surface area (Å²) in [6, 6.07) is 3.56. The number of amides is 1. The molecule has 2 aromatic heterocycles. The Hall–Kier alpha value is -3.31. The third kappa shape index (κ3) is 5.64. The summed E-state index contributed by atoms with van der Waals surface area (Å²) in [6.07, 6.45) is 4.87. The van der Waals surface area contributed by atoms with Gasteiger partial charge in [-0.2, -0.15) is 23.4 Å². The van der Waals surface area contributed by atoms with Crippen molar-refractivity contribution in [3.05, 3.63) is 42.5 Å². The number of carbonyl (C=O) groups is 2. The maximum Gasteiger partial charge on any atom is 0.490 e. The summed E-state index contributed by atoms with van der Waals surface area (Å²) < 4.78 is 31.7. The lowest BCUT2D eigenvalue weighted by Crippen LogP contribution is -2.46. The highest BCUT2D eigenvalue weighted by Crippen LogP contribution is 2.40. The van der Waals surface area contributed by atoms with E-state index in [1.165, 1.54) is 6.20 Å². The van der Waals surface area contributed by atoms with Gasteiger partial charge in [0.2, 0.25) is 5.95 Å². The number of nitrogens with zero attached hydrogens (tertiary/aromatic N) is 6. The zero-order valence-corrected chi connectivity index (χ0v) is 16.5. The van der Waals surface area contributed by atoms with Gasteiger partial charge < -0.3 is 14.9 Å². The third-order valence-corrected chi connectivity index (χ3v) is 5.30. The number of rotatable bonds is 2. The molecule has 2 aromatic rings. The van der Waals surface area contributed by atoms with Gasteiger partial charge in [0.1, 0.15) is 0 Å². The summed E-state index contributed by atoms with van der Waals surface area (Å²) in [5.74, 6) is -1.91. The lowest BCUT2D eigenvalue weighted by Gasteiger charge is -2.40. The number of likely N-dealkylation sites (tertiary alicyclic amines) is 1. The van der Waals surface area contributed by atoms with Gasteiger partial charge in [-0.25, -0.2) is 14.8 Å². The standard InChI is InChI=1S/C17H20N6O.C2HF3O2/c24-15(14-3-8-20-21-11-14)22-10-5-17(12-22)4-1-9-23(13-17)16-18-6-2-7-19-16;3-2(4,5)1(6)7/h2-3,6-8,11H,1,4-5,9-10,12-13H2;(H,6,7). The van der Waals surface area contributed by atoms with E-state index in [0.29, 0.717) is 5.56 Å². The van der Waals surface area contributed by atoms with E-state index < -0.39 is 12.1 Å². The Morgan fingerprint density at radius 1 is 1.03 bits per heavy atom. The molecule has 0 bridgehead atoms. The van der Waals surface area contributed by atoms with Crippen molar-refractivity contribution in [1.82, 2.24) is 25.1 Å². The normalized spacial score (nSPS) is 20.9. The van der Waals surface area contributed by atoms with E-state index in [-0.39, 0.29) is 11.3 Å². The minimum absolute atomic E-state index is 0.0508. The molecular formula is C19H21F3N6O3. The monoisotopic (exact) mass is 438 g/mol. The quantitative estimate of drug-likeness (QED) is 0.758. The Balaban J connectivity index is 0.000000339. The average Bonchev–Trinajstić information content (AvgIpc) is 3.17. The van der Waals surface area contributed by atoms with Crippen molar-refractivity contribution in [2.24, 2.45) is 5.41 Å². The van der Waals surface area contributed by atoms with Crippen LogP contribution in [0, 0.1) is 5.41 Å². The predicted molar refractivity (Wildman–Crippen MR) is 102 cm³/mol. The first-order chi connectivity index (χ1) is 14.7. The molecule has 0 aromatic carbocycles. The molecule has 1 spiro atoms. The number of carboxylic acid groups (broad SMARTS) is 1. The fraction of sp³-hybridized carbons (Fsp3) is 0.474. The topological polar surface area (TPSA) is 112 Å². The van der Waals surface area contributed by atoms with Crippen LogP contribution in [-0.4, -0.2) is 74.4 Å². The van der Waals surface area contributed by atoms with Crippen molar-refractivity contribution in [1.29, 1.82) is 0 Å². The number of aliphatic carboxylic acids is 1. The smallest absolute Gasteiger partial charge is 0.475 e. The lowest BCUT2D eigenvalue weighted by molar-refractivity contribution is -0.192. The molecule has 0 saturated carbocycles. The van der Waals surface area contributed by atoms with Gasteiger partial charge in [0.15, 0.2) is 0 Å². The van der Waals surface area contributed by atoms with Crippen LogP contribution in [0.5, 0.6) is 0 Å². The first-order valence-corrected chi connectivity index (χ1v) is 9.58. The van der Waals surface area contributed by atoms with Gasteiger partial charge in [-0.15, -0.1) is 0 Å². The van der Waals surface area contributed by atoms with Crippen molar-refractivity contribution in [2.75, 3.05) is 31.1 Å². The zero-order valence-electron chi connectivity index (χ0n) is 16.5. The van der Waals surface area contributed by atoms with Gasteiger partial charge in [0, 0.05) is 44.0 Å². The summed E-state index contributed by atoms with van der Waals surface area (Å²) in [4.78, 5) is 34.5. The van der Waals surface area contributed by atoms with Crippen LogP contribution in [0.3, 0.4) is 0 Å². The highest BCUT2D eigenvalue weighted by Gasteiger charge is 2.43. The maximum atomic E-state index is 12.6. The second kappa shape index (κ2) is 9.23. The molecule has 1 amide bonds. The summed E-state index contributed by atoms with van der Waals surface area (Å²) >= 11 is 0. The molecule has 2 aliphatic rings. The van der Waals surface area contributed by atoms with Crippen LogP contribution in [-0.2, 0) is 4.79 Å². The fourth-order valence-electron chi connectivity index (χ4n) is 3.87. The summed E-state index contributed by atoms with van der Waals surface area (Å²) in [7, 11) is 0. The van der Waals surface area contributed by atoms with E-state index in [9.17, 15) is 18.0 Å². The molecule has 2 saturated heterocycles. The van der Waals surface area contributed by atoms with Crippen LogP contribution in [0.2, 0.25) is 0 Å². The van der Waals surface area contributed by atoms with E-state index >= 15 is 0 Å². The van der Waals surface area contributed by atoms with E-state index in [1.807, 2.05) is 11.0 Å². The summed E-state index contributed by atoms with van der Waals surface area (Å²) in [5.41, 5.74) is 0.759.